The fourth-order valence-electron chi connectivity index (χ4n) is 3.11. The second kappa shape index (κ2) is 7.88. The number of nitriles is 1. The lowest BCUT2D eigenvalue weighted by Gasteiger charge is -2.23. The van der Waals surface area contributed by atoms with Gasteiger partial charge in [0.25, 0.3) is 0 Å². The van der Waals surface area contributed by atoms with Crippen LogP contribution in [0.4, 0.5) is 0 Å². The monoisotopic (exact) mass is 302 g/mol. The molecule has 120 valence electrons. The highest BCUT2D eigenvalue weighted by atomic mass is 16.5. The lowest BCUT2D eigenvalue weighted by Crippen LogP contribution is -2.20. The van der Waals surface area contributed by atoms with Crippen molar-refractivity contribution in [1.82, 2.24) is 10.2 Å². The predicted molar refractivity (Wildman–Crippen MR) is 86.1 cm³/mol. The molecular formula is C17H26N4O. The third-order valence-electron chi connectivity index (χ3n) is 4.35. The molecule has 2 heterocycles. The van der Waals surface area contributed by atoms with Gasteiger partial charge in [0.1, 0.15) is 6.07 Å². The maximum Gasteiger partial charge on any atom is 0.243 e. The summed E-state index contributed by atoms with van der Waals surface area (Å²) in [7, 11) is 0. The fraction of sp³-hybridized carbons (Fsp3) is 0.647. The zero-order valence-corrected chi connectivity index (χ0v) is 13.6. The minimum absolute atomic E-state index is 0.0168. The number of unbranched alkanes of at least 4 members (excludes halogenated alkanes) is 6. The molecule has 0 spiro atoms. The Kier molecular flexibility index (Phi) is 5.88. The maximum atomic E-state index is 9.39. The van der Waals surface area contributed by atoms with Crippen LogP contribution >= 0.6 is 0 Å². The van der Waals surface area contributed by atoms with Crippen LogP contribution in [0.2, 0.25) is 0 Å². The number of hydrogen-bond acceptors (Lipinski definition) is 4. The topological polar surface area (TPSA) is 87.7 Å². The van der Waals surface area contributed by atoms with E-state index in [2.05, 4.69) is 23.2 Å². The Morgan fingerprint density at radius 3 is 2.59 bits per heavy atom. The Labute approximate surface area is 132 Å². The number of rotatable bonds is 8. The molecule has 1 aromatic heterocycles. The second-order valence-corrected chi connectivity index (χ2v) is 6.02. The van der Waals surface area contributed by atoms with E-state index >= 15 is 0 Å². The number of aryl methyl sites for hydroxylation is 1. The molecule has 1 aliphatic rings. The molecule has 0 saturated carbocycles. The SMILES string of the molecule is CCCCCCCCCC1C(C#N)=C(N)Oc2n[nH]c(C)c21. The number of nitrogens with one attached hydrogen (secondary N) is 1. The minimum atomic E-state index is 0.0168. The van der Waals surface area contributed by atoms with E-state index in [0.717, 1.165) is 24.1 Å². The Morgan fingerprint density at radius 2 is 1.91 bits per heavy atom. The summed E-state index contributed by atoms with van der Waals surface area (Å²) in [5.74, 6) is 0.750. The Hall–Kier alpha value is -1.96. The number of H-pyrrole nitrogens is 1. The van der Waals surface area contributed by atoms with Crippen molar-refractivity contribution in [2.45, 2.75) is 71.1 Å². The van der Waals surface area contributed by atoms with Gasteiger partial charge in [-0.3, -0.25) is 5.10 Å². The van der Waals surface area contributed by atoms with Gasteiger partial charge in [0, 0.05) is 17.2 Å². The molecule has 1 aliphatic heterocycles. The van der Waals surface area contributed by atoms with Crippen LogP contribution in [0.1, 0.15) is 75.5 Å². The lowest BCUT2D eigenvalue weighted by molar-refractivity contribution is 0.369. The van der Waals surface area contributed by atoms with Crippen molar-refractivity contribution in [2.75, 3.05) is 0 Å². The summed E-state index contributed by atoms with van der Waals surface area (Å²) < 4.78 is 5.45. The molecule has 3 N–H and O–H groups in total. The molecule has 22 heavy (non-hydrogen) atoms. The molecular weight excluding hydrogens is 276 g/mol. The predicted octanol–water partition coefficient (Wildman–Crippen LogP) is 4.03. The average Bonchev–Trinajstić information content (AvgIpc) is 2.87. The number of aromatic nitrogens is 2. The number of nitrogens with two attached hydrogens (primary N) is 1. The van der Waals surface area contributed by atoms with Gasteiger partial charge >= 0.3 is 0 Å². The molecule has 2 rings (SSSR count). The number of ether oxygens (including phenoxy) is 1. The van der Waals surface area contributed by atoms with Gasteiger partial charge in [0.15, 0.2) is 0 Å². The van der Waals surface area contributed by atoms with Crippen molar-refractivity contribution in [2.24, 2.45) is 5.73 Å². The van der Waals surface area contributed by atoms with Gasteiger partial charge in [-0.15, -0.1) is 5.10 Å². The zero-order chi connectivity index (χ0) is 15.9. The van der Waals surface area contributed by atoms with E-state index in [1.54, 1.807) is 0 Å². The van der Waals surface area contributed by atoms with E-state index in [0.29, 0.717) is 11.5 Å². The summed E-state index contributed by atoms with van der Waals surface area (Å²) in [6.45, 7) is 4.19. The highest BCUT2D eigenvalue weighted by Gasteiger charge is 2.32. The summed E-state index contributed by atoms with van der Waals surface area (Å²) in [6.07, 6.45) is 9.73. The van der Waals surface area contributed by atoms with Crippen LogP contribution in [-0.2, 0) is 0 Å². The fourth-order valence-corrected chi connectivity index (χ4v) is 3.11. The Bertz CT molecular complexity index is 568. The average molecular weight is 302 g/mol. The van der Waals surface area contributed by atoms with E-state index < -0.39 is 0 Å². The van der Waals surface area contributed by atoms with Gasteiger partial charge in [0.2, 0.25) is 11.8 Å². The van der Waals surface area contributed by atoms with Crippen LogP contribution in [-0.4, -0.2) is 10.2 Å². The number of aromatic amines is 1. The molecule has 0 aliphatic carbocycles. The molecule has 5 heteroatoms. The molecule has 1 aromatic rings. The normalized spacial score (nSPS) is 17.0. The molecule has 1 unspecified atom stereocenters. The van der Waals surface area contributed by atoms with Gasteiger partial charge in [-0.05, 0) is 13.3 Å². The smallest absolute Gasteiger partial charge is 0.243 e. The van der Waals surface area contributed by atoms with E-state index in [9.17, 15) is 5.26 Å². The van der Waals surface area contributed by atoms with Crippen molar-refractivity contribution in [3.05, 3.63) is 22.7 Å². The molecule has 0 radical (unpaired) electrons. The molecule has 0 fully saturated rings. The molecule has 0 bridgehead atoms. The van der Waals surface area contributed by atoms with Crippen LogP contribution in [0.3, 0.4) is 0 Å². The minimum Gasteiger partial charge on any atom is -0.420 e. The lowest BCUT2D eigenvalue weighted by atomic mass is 9.86. The highest BCUT2D eigenvalue weighted by Crippen LogP contribution is 2.41. The first-order valence-corrected chi connectivity index (χ1v) is 8.31. The summed E-state index contributed by atoms with van der Waals surface area (Å²) >= 11 is 0. The summed E-state index contributed by atoms with van der Waals surface area (Å²) in [5, 5.41) is 16.5. The number of fused-ring (bicyclic) bond motifs is 1. The highest BCUT2D eigenvalue weighted by molar-refractivity contribution is 5.48. The largest absolute Gasteiger partial charge is 0.420 e. The van der Waals surface area contributed by atoms with Crippen molar-refractivity contribution >= 4 is 0 Å². The van der Waals surface area contributed by atoms with Crippen molar-refractivity contribution in [1.29, 1.82) is 5.26 Å². The van der Waals surface area contributed by atoms with Crippen molar-refractivity contribution in [3.63, 3.8) is 0 Å². The molecule has 0 aromatic carbocycles. The number of hydrogen-bond donors (Lipinski definition) is 2. The summed E-state index contributed by atoms with van der Waals surface area (Å²) in [6, 6.07) is 2.22. The van der Waals surface area contributed by atoms with Crippen LogP contribution in [0.5, 0.6) is 5.88 Å². The first-order chi connectivity index (χ1) is 10.7. The quantitative estimate of drug-likeness (QED) is 0.710. The van der Waals surface area contributed by atoms with Crippen molar-refractivity contribution in [3.8, 4) is 11.9 Å². The third-order valence-corrected chi connectivity index (χ3v) is 4.35. The number of allylic oxidation sites excluding steroid dienone is 1. The third kappa shape index (κ3) is 3.62. The standard InChI is InChI=1S/C17H26N4O/c1-3-4-5-6-7-8-9-10-13-14(11-18)16(19)22-17-15(13)12(2)20-21-17/h13H,3-10,19H2,1-2H3,(H,20,21). The van der Waals surface area contributed by atoms with Crippen LogP contribution in [0.25, 0.3) is 0 Å². The van der Waals surface area contributed by atoms with Crippen LogP contribution in [0.15, 0.2) is 11.5 Å². The van der Waals surface area contributed by atoms with E-state index in [1.165, 1.54) is 38.5 Å². The second-order valence-electron chi connectivity index (χ2n) is 6.02. The van der Waals surface area contributed by atoms with E-state index in [4.69, 9.17) is 10.5 Å². The van der Waals surface area contributed by atoms with E-state index in [1.807, 2.05) is 6.92 Å². The summed E-state index contributed by atoms with van der Waals surface area (Å²) in [4.78, 5) is 0. The van der Waals surface area contributed by atoms with E-state index in [-0.39, 0.29) is 11.8 Å². The first kappa shape index (κ1) is 16.4. The van der Waals surface area contributed by atoms with Crippen LogP contribution in [0, 0.1) is 18.3 Å². The summed E-state index contributed by atoms with van der Waals surface area (Å²) in [5.41, 5.74) is 8.37. The van der Waals surface area contributed by atoms with Gasteiger partial charge in [-0.2, -0.15) is 5.26 Å². The van der Waals surface area contributed by atoms with Crippen LogP contribution < -0.4 is 10.5 Å². The zero-order valence-electron chi connectivity index (χ0n) is 13.6. The van der Waals surface area contributed by atoms with Crippen molar-refractivity contribution < 1.29 is 4.74 Å². The van der Waals surface area contributed by atoms with Gasteiger partial charge in [0.05, 0.1) is 5.57 Å². The molecule has 1 atom stereocenters. The molecule has 5 nitrogen and oxygen atoms in total. The van der Waals surface area contributed by atoms with Gasteiger partial charge in [-0.25, -0.2) is 0 Å². The van der Waals surface area contributed by atoms with Gasteiger partial charge < -0.3 is 10.5 Å². The molecule has 0 saturated heterocycles. The first-order valence-electron chi connectivity index (χ1n) is 8.31. The maximum absolute atomic E-state index is 9.39. The van der Waals surface area contributed by atoms with Gasteiger partial charge in [-0.1, -0.05) is 51.9 Å². The Morgan fingerprint density at radius 1 is 1.23 bits per heavy atom. The number of nitrogens with zero attached hydrogens (tertiary/aromatic N) is 2. The molecule has 0 amide bonds. The Balaban J connectivity index is 1.93.